The van der Waals surface area contributed by atoms with Gasteiger partial charge in [-0.25, -0.2) is 0 Å². The lowest BCUT2D eigenvalue weighted by Crippen LogP contribution is -2.40. The quantitative estimate of drug-likeness (QED) is 0.844. The molecule has 0 aromatic carbocycles. The van der Waals surface area contributed by atoms with Gasteiger partial charge in [-0.2, -0.15) is 5.10 Å². The van der Waals surface area contributed by atoms with Crippen molar-refractivity contribution >= 4 is 11.7 Å². The van der Waals surface area contributed by atoms with Gasteiger partial charge >= 0.3 is 0 Å². The minimum absolute atomic E-state index is 0.108. The maximum atomic E-state index is 12.7. The summed E-state index contributed by atoms with van der Waals surface area (Å²) in [6.45, 7) is 3.66. The molecule has 4 rings (SSSR count). The molecule has 0 bridgehead atoms. The van der Waals surface area contributed by atoms with Crippen molar-refractivity contribution in [2.45, 2.75) is 31.8 Å². The van der Waals surface area contributed by atoms with Crippen molar-refractivity contribution < 1.29 is 4.79 Å². The second-order valence-electron chi connectivity index (χ2n) is 6.17. The van der Waals surface area contributed by atoms with E-state index in [-0.39, 0.29) is 11.9 Å². The number of anilines is 1. The van der Waals surface area contributed by atoms with Gasteiger partial charge in [0.25, 0.3) is 5.91 Å². The van der Waals surface area contributed by atoms with Gasteiger partial charge in [0.1, 0.15) is 0 Å². The van der Waals surface area contributed by atoms with Crippen LogP contribution in [0.3, 0.4) is 0 Å². The van der Waals surface area contributed by atoms with E-state index in [0.29, 0.717) is 11.6 Å². The van der Waals surface area contributed by atoms with E-state index in [0.717, 1.165) is 37.4 Å². The van der Waals surface area contributed by atoms with Crippen LogP contribution in [0.4, 0.5) is 5.82 Å². The monoisotopic (exact) mass is 309 g/mol. The number of aromatic nitrogens is 3. The van der Waals surface area contributed by atoms with Crippen molar-refractivity contribution in [3.63, 3.8) is 0 Å². The Balaban J connectivity index is 1.54. The fourth-order valence-corrected chi connectivity index (χ4v) is 3.73. The number of hydrogen-bond acceptors (Lipinski definition) is 5. The molecule has 0 saturated carbocycles. The van der Waals surface area contributed by atoms with Crippen LogP contribution in [0.2, 0.25) is 0 Å². The zero-order valence-corrected chi connectivity index (χ0v) is 13.1. The van der Waals surface area contributed by atoms with Gasteiger partial charge in [0, 0.05) is 31.0 Å². The summed E-state index contributed by atoms with van der Waals surface area (Å²) in [5, 5.41) is 8.47. The Hall–Kier alpha value is -2.50. The Morgan fingerprint density at radius 3 is 2.57 bits per heavy atom. The van der Waals surface area contributed by atoms with Crippen LogP contribution < -0.4 is 4.90 Å². The molecule has 2 saturated heterocycles. The van der Waals surface area contributed by atoms with Gasteiger partial charge in [-0.05, 0) is 44.0 Å². The first kappa shape index (κ1) is 14.1. The average Bonchev–Trinajstić information content (AvgIpc) is 3.18. The molecule has 6 heteroatoms. The van der Waals surface area contributed by atoms with Crippen LogP contribution in [-0.4, -0.2) is 51.2 Å². The molecule has 23 heavy (non-hydrogen) atoms. The molecule has 2 fully saturated rings. The number of fused-ring (bicyclic) bond motifs is 1. The number of rotatable bonds is 2. The predicted octanol–water partition coefficient (Wildman–Crippen LogP) is 1.67. The van der Waals surface area contributed by atoms with E-state index in [4.69, 9.17) is 0 Å². The van der Waals surface area contributed by atoms with Crippen LogP contribution in [0.5, 0.6) is 0 Å². The second kappa shape index (κ2) is 5.61. The molecule has 0 unspecified atom stereocenters. The van der Waals surface area contributed by atoms with E-state index in [2.05, 4.69) is 20.1 Å². The Morgan fingerprint density at radius 1 is 1.04 bits per heavy atom. The number of amides is 1. The summed E-state index contributed by atoms with van der Waals surface area (Å²) in [5.74, 6) is 1.03. The zero-order valence-electron chi connectivity index (χ0n) is 13.1. The number of carbonyl (C=O) groups is 1. The second-order valence-corrected chi connectivity index (χ2v) is 6.17. The molecular weight excluding hydrogens is 290 g/mol. The third-order valence-electron chi connectivity index (χ3n) is 4.84. The van der Waals surface area contributed by atoms with E-state index >= 15 is 0 Å². The van der Waals surface area contributed by atoms with E-state index in [1.807, 2.05) is 24.0 Å². The van der Waals surface area contributed by atoms with Crippen LogP contribution >= 0.6 is 0 Å². The standard InChI is InChI=1S/C17H19N5O/c1-12-2-3-16(20-19-12)21-10-6-15-14(21)7-11-22(15)17(23)13-4-8-18-9-5-13/h2-5,8-9,14-15H,6-7,10-11H2,1H3/t14-,15+/m0/s1. The number of likely N-dealkylation sites (tertiary alicyclic amines) is 1. The first-order valence-electron chi connectivity index (χ1n) is 8.02. The largest absolute Gasteiger partial charge is 0.350 e. The van der Waals surface area contributed by atoms with E-state index < -0.39 is 0 Å². The molecule has 2 aromatic heterocycles. The van der Waals surface area contributed by atoms with Crippen molar-refractivity contribution in [3.05, 3.63) is 47.9 Å². The van der Waals surface area contributed by atoms with Crippen molar-refractivity contribution in [3.8, 4) is 0 Å². The Bertz CT molecular complexity index is 703. The highest BCUT2D eigenvalue weighted by Gasteiger charge is 2.45. The molecule has 0 aliphatic carbocycles. The summed E-state index contributed by atoms with van der Waals surface area (Å²) >= 11 is 0. The van der Waals surface area contributed by atoms with E-state index in [1.54, 1.807) is 24.5 Å². The van der Waals surface area contributed by atoms with Crippen molar-refractivity contribution in [2.75, 3.05) is 18.0 Å². The Morgan fingerprint density at radius 2 is 1.83 bits per heavy atom. The molecule has 0 radical (unpaired) electrons. The van der Waals surface area contributed by atoms with Gasteiger partial charge in [-0.15, -0.1) is 5.10 Å². The highest BCUT2D eigenvalue weighted by Crippen LogP contribution is 2.34. The number of nitrogens with zero attached hydrogens (tertiary/aromatic N) is 5. The minimum Gasteiger partial charge on any atom is -0.350 e. The Labute approximate surface area is 135 Å². The molecule has 4 heterocycles. The topological polar surface area (TPSA) is 62.2 Å². The van der Waals surface area contributed by atoms with Crippen molar-refractivity contribution in [2.24, 2.45) is 0 Å². The molecule has 0 N–H and O–H groups in total. The predicted molar refractivity (Wildman–Crippen MR) is 86.2 cm³/mol. The molecule has 6 nitrogen and oxygen atoms in total. The molecule has 118 valence electrons. The molecule has 2 atom stereocenters. The molecule has 2 aromatic rings. The highest BCUT2D eigenvalue weighted by atomic mass is 16.2. The SMILES string of the molecule is Cc1ccc(N2CC[C@@H]3[C@@H]2CCN3C(=O)c2ccncc2)nn1. The maximum Gasteiger partial charge on any atom is 0.254 e. The smallest absolute Gasteiger partial charge is 0.254 e. The average molecular weight is 309 g/mol. The molecule has 1 amide bonds. The number of hydrogen-bond donors (Lipinski definition) is 0. The number of carbonyl (C=O) groups excluding carboxylic acids is 1. The third-order valence-corrected chi connectivity index (χ3v) is 4.84. The lowest BCUT2D eigenvalue weighted by atomic mass is 10.1. The summed E-state index contributed by atoms with van der Waals surface area (Å²) in [7, 11) is 0. The van der Waals surface area contributed by atoms with Crippen molar-refractivity contribution in [1.82, 2.24) is 20.1 Å². The Kier molecular flexibility index (Phi) is 3.44. The van der Waals surface area contributed by atoms with Crippen LogP contribution in [-0.2, 0) is 0 Å². The van der Waals surface area contributed by atoms with Gasteiger partial charge in [0.15, 0.2) is 5.82 Å². The van der Waals surface area contributed by atoms with Gasteiger partial charge in [-0.1, -0.05) is 0 Å². The number of pyridine rings is 1. The van der Waals surface area contributed by atoms with E-state index in [9.17, 15) is 4.79 Å². The summed E-state index contributed by atoms with van der Waals surface area (Å²) in [6.07, 6.45) is 5.31. The van der Waals surface area contributed by atoms with Crippen LogP contribution in [0.15, 0.2) is 36.7 Å². The fraction of sp³-hybridized carbons (Fsp3) is 0.412. The first-order valence-corrected chi connectivity index (χ1v) is 8.02. The summed E-state index contributed by atoms with van der Waals surface area (Å²) < 4.78 is 0. The van der Waals surface area contributed by atoms with Gasteiger partial charge in [-0.3, -0.25) is 9.78 Å². The molecule has 2 aliphatic rings. The van der Waals surface area contributed by atoms with Crippen LogP contribution in [0.1, 0.15) is 28.9 Å². The van der Waals surface area contributed by atoms with Crippen LogP contribution in [0, 0.1) is 6.92 Å². The normalized spacial score (nSPS) is 23.2. The summed E-state index contributed by atoms with van der Waals surface area (Å²) in [6, 6.07) is 8.20. The van der Waals surface area contributed by atoms with Crippen molar-refractivity contribution in [1.29, 1.82) is 0 Å². The lowest BCUT2D eigenvalue weighted by molar-refractivity contribution is 0.0737. The van der Waals surface area contributed by atoms with Crippen LogP contribution in [0.25, 0.3) is 0 Å². The van der Waals surface area contributed by atoms with Gasteiger partial charge in [0.05, 0.1) is 17.8 Å². The molecule has 0 spiro atoms. The summed E-state index contributed by atoms with van der Waals surface area (Å²) in [4.78, 5) is 21.0. The summed E-state index contributed by atoms with van der Waals surface area (Å²) in [5.41, 5.74) is 1.64. The lowest BCUT2D eigenvalue weighted by Gasteiger charge is -2.26. The van der Waals surface area contributed by atoms with Gasteiger partial charge < -0.3 is 9.80 Å². The fourth-order valence-electron chi connectivity index (χ4n) is 3.73. The minimum atomic E-state index is 0.108. The van der Waals surface area contributed by atoms with Gasteiger partial charge in [0.2, 0.25) is 0 Å². The van der Waals surface area contributed by atoms with E-state index in [1.165, 1.54) is 0 Å². The number of aryl methyl sites for hydroxylation is 1. The molecular formula is C17H19N5O. The highest BCUT2D eigenvalue weighted by molar-refractivity contribution is 5.94. The molecule has 2 aliphatic heterocycles. The maximum absolute atomic E-state index is 12.7. The third kappa shape index (κ3) is 2.44. The first-order chi connectivity index (χ1) is 11.2. The zero-order chi connectivity index (χ0) is 15.8.